The number of rotatable bonds is 1. The number of nitrogens with one attached hydrogen (secondary N) is 2. The van der Waals surface area contributed by atoms with Crippen LogP contribution in [0.4, 0.5) is 0 Å². The summed E-state index contributed by atoms with van der Waals surface area (Å²) in [5.74, 6) is 0. The highest BCUT2D eigenvalue weighted by Crippen LogP contribution is 2.34. The number of aryl methyl sites for hydroxylation is 3. The minimum Gasteiger partial charge on any atom is -0.367 e. The van der Waals surface area contributed by atoms with E-state index in [-0.39, 0.29) is 0 Å². The predicted octanol–water partition coefficient (Wildman–Crippen LogP) is 4.40. The van der Waals surface area contributed by atoms with Gasteiger partial charge in [-0.1, -0.05) is 0 Å². The van der Waals surface area contributed by atoms with Crippen molar-refractivity contribution in [2.24, 2.45) is 0 Å². The maximum atomic E-state index is 3.53. The van der Waals surface area contributed by atoms with E-state index >= 15 is 0 Å². The summed E-state index contributed by atoms with van der Waals surface area (Å²) in [6, 6.07) is 4.40. The molecule has 0 fully saturated rings. The lowest BCUT2D eigenvalue weighted by molar-refractivity contribution is 1.26. The van der Waals surface area contributed by atoms with Gasteiger partial charge in [0.05, 0.1) is 5.69 Å². The second-order valence-electron chi connectivity index (χ2n) is 5.09. The van der Waals surface area contributed by atoms with Crippen molar-refractivity contribution < 1.29 is 0 Å². The van der Waals surface area contributed by atoms with Crippen LogP contribution in [0.1, 0.15) is 22.4 Å². The Bertz CT molecular complexity index is 715. The van der Waals surface area contributed by atoms with Gasteiger partial charge in [0.2, 0.25) is 0 Å². The number of aromatic nitrogens is 2. The normalized spacial score (nSPS) is 11.3. The molecule has 3 aromatic rings. The quantitative estimate of drug-likeness (QED) is 0.630. The van der Waals surface area contributed by atoms with E-state index in [2.05, 4.69) is 49.8 Å². The van der Waals surface area contributed by atoms with Crippen molar-refractivity contribution in [1.82, 2.24) is 9.97 Å². The minimum absolute atomic E-state index is 1.22. The third-order valence-corrected chi connectivity index (χ3v) is 4.00. The van der Waals surface area contributed by atoms with Crippen LogP contribution in [-0.4, -0.2) is 9.97 Å². The summed E-state index contributed by atoms with van der Waals surface area (Å²) < 4.78 is 0. The Balaban J connectivity index is 2.44. The number of hydrogen-bond donors (Lipinski definition) is 2. The molecule has 0 saturated heterocycles. The molecule has 3 rings (SSSR count). The van der Waals surface area contributed by atoms with Gasteiger partial charge in [0.15, 0.2) is 0 Å². The van der Waals surface area contributed by atoms with E-state index in [0.717, 1.165) is 0 Å². The molecule has 2 aromatic heterocycles. The Labute approximate surface area is 107 Å². The molecule has 0 atom stereocenters. The van der Waals surface area contributed by atoms with Gasteiger partial charge in [0.25, 0.3) is 0 Å². The van der Waals surface area contributed by atoms with Gasteiger partial charge in [-0.3, -0.25) is 0 Å². The third kappa shape index (κ3) is 1.42. The molecule has 1 aromatic carbocycles. The molecule has 0 amide bonds. The lowest BCUT2D eigenvalue weighted by Crippen LogP contribution is -1.88. The van der Waals surface area contributed by atoms with Gasteiger partial charge < -0.3 is 9.97 Å². The van der Waals surface area contributed by atoms with Crippen LogP contribution in [0.25, 0.3) is 22.0 Å². The van der Waals surface area contributed by atoms with Crippen molar-refractivity contribution in [2.75, 3.05) is 0 Å². The van der Waals surface area contributed by atoms with Crippen LogP contribution < -0.4 is 0 Å². The van der Waals surface area contributed by atoms with E-state index < -0.39 is 0 Å². The van der Waals surface area contributed by atoms with Gasteiger partial charge in [0.1, 0.15) is 0 Å². The van der Waals surface area contributed by atoms with Crippen LogP contribution in [0.2, 0.25) is 0 Å². The van der Waals surface area contributed by atoms with Crippen LogP contribution in [0.5, 0.6) is 0 Å². The summed E-state index contributed by atoms with van der Waals surface area (Å²) in [5, 5.41) is 2.70. The van der Waals surface area contributed by atoms with Crippen molar-refractivity contribution in [3.8, 4) is 11.3 Å². The molecule has 2 nitrogen and oxygen atoms in total. The summed E-state index contributed by atoms with van der Waals surface area (Å²) in [7, 11) is 0. The lowest BCUT2D eigenvalue weighted by Gasteiger charge is -2.07. The van der Waals surface area contributed by atoms with Crippen molar-refractivity contribution in [3.05, 3.63) is 46.9 Å². The highest BCUT2D eigenvalue weighted by Gasteiger charge is 2.14. The molecule has 18 heavy (non-hydrogen) atoms. The molecule has 2 N–H and O–H groups in total. The number of H-pyrrole nitrogens is 2. The van der Waals surface area contributed by atoms with E-state index in [1.54, 1.807) is 0 Å². The standard InChI is InChI=1S/C16H18N2/c1-9-7-14-15(11(3)10(9)2)12(4)18-16(14)13-5-6-17-8-13/h5-8,17-18H,1-4H3. The van der Waals surface area contributed by atoms with Crippen molar-refractivity contribution >= 4 is 10.8 Å². The van der Waals surface area contributed by atoms with Crippen molar-refractivity contribution in [3.63, 3.8) is 0 Å². The number of aromatic amines is 2. The summed E-state index contributed by atoms with van der Waals surface area (Å²) in [6.07, 6.45) is 4.00. The first-order chi connectivity index (χ1) is 8.59. The summed E-state index contributed by atoms with van der Waals surface area (Å²) in [4.78, 5) is 6.65. The first kappa shape index (κ1) is 11.1. The lowest BCUT2D eigenvalue weighted by atomic mass is 9.96. The van der Waals surface area contributed by atoms with Gasteiger partial charge in [0, 0.05) is 34.4 Å². The van der Waals surface area contributed by atoms with Gasteiger partial charge in [-0.2, -0.15) is 0 Å². The maximum absolute atomic E-state index is 3.53. The van der Waals surface area contributed by atoms with Crippen molar-refractivity contribution in [2.45, 2.75) is 27.7 Å². The molecule has 0 aliphatic rings. The number of benzene rings is 1. The number of fused-ring (bicyclic) bond motifs is 1. The summed E-state index contributed by atoms with van der Waals surface area (Å²) >= 11 is 0. The second kappa shape index (κ2) is 3.77. The van der Waals surface area contributed by atoms with E-state index in [1.165, 1.54) is 44.4 Å². The second-order valence-corrected chi connectivity index (χ2v) is 5.09. The van der Waals surface area contributed by atoms with Crippen LogP contribution in [0.15, 0.2) is 24.5 Å². The Morgan fingerprint density at radius 1 is 1.00 bits per heavy atom. The van der Waals surface area contributed by atoms with E-state index in [4.69, 9.17) is 0 Å². The SMILES string of the molecule is Cc1cc2c(-c3cc[nH]c3)[nH]c(C)c2c(C)c1C. The average molecular weight is 238 g/mol. The molecule has 0 unspecified atom stereocenters. The zero-order chi connectivity index (χ0) is 12.9. The van der Waals surface area contributed by atoms with Gasteiger partial charge in [-0.05, 0) is 56.5 Å². The molecule has 0 aliphatic heterocycles. The van der Waals surface area contributed by atoms with E-state index in [1.807, 2.05) is 12.4 Å². The smallest absolute Gasteiger partial charge is 0.0551 e. The van der Waals surface area contributed by atoms with Crippen molar-refractivity contribution in [1.29, 1.82) is 0 Å². The van der Waals surface area contributed by atoms with Gasteiger partial charge in [-0.25, -0.2) is 0 Å². The molecule has 0 bridgehead atoms. The average Bonchev–Trinajstić information content (AvgIpc) is 2.94. The Morgan fingerprint density at radius 2 is 1.78 bits per heavy atom. The largest absolute Gasteiger partial charge is 0.367 e. The third-order valence-electron chi connectivity index (χ3n) is 4.00. The monoisotopic (exact) mass is 238 g/mol. The van der Waals surface area contributed by atoms with Crippen LogP contribution >= 0.6 is 0 Å². The first-order valence-corrected chi connectivity index (χ1v) is 6.32. The molecule has 92 valence electrons. The Morgan fingerprint density at radius 3 is 2.44 bits per heavy atom. The fourth-order valence-corrected chi connectivity index (χ4v) is 2.79. The topological polar surface area (TPSA) is 31.6 Å². The zero-order valence-electron chi connectivity index (χ0n) is 11.3. The Kier molecular flexibility index (Phi) is 2.34. The van der Waals surface area contributed by atoms with Crippen LogP contribution in [0.3, 0.4) is 0 Å². The minimum atomic E-state index is 1.22. The predicted molar refractivity (Wildman–Crippen MR) is 77.0 cm³/mol. The summed E-state index contributed by atoms with van der Waals surface area (Å²) in [5.41, 5.74) is 7.83. The fraction of sp³-hybridized carbons (Fsp3) is 0.250. The first-order valence-electron chi connectivity index (χ1n) is 6.32. The van der Waals surface area contributed by atoms with E-state index in [9.17, 15) is 0 Å². The highest BCUT2D eigenvalue weighted by atomic mass is 14.7. The molecule has 0 spiro atoms. The van der Waals surface area contributed by atoms with Crippen LogP contribution in [-0.2, 0) is 0 Å². The molecule has 0 aliphatic carbocycles. The number of hydrogen-bond acceptors (Lipinski definition) is 0. The van der Waals surface area contributed by atoms with E-state index in [0.29, 0.717) is 0 Å². The molecule has 2 heterocycles. The summed E-state index contributed by atoms with van der Waals surface area (Å²) in [6.45, 7) is 8.75. The molecular formula is C16H18N2. The Hall–Kier alpha value is -1.96. The maximum Gasteiger partial charge on any atom is 0.0551 e. The molecule has 0 radical (unpaired) electrons. The molecular weight excluding hydrogens is 220 g/mol. The molecule has 0 saturated carbocycles. The van der Waals surface area contributed by atoms with Gasteiger partial charge >= 0.3 is 0 Å². The highest BCUT2D eigenvalue weighted by molar-refractivity contribution is 6.00. The fourth-order valence-electron chi connectivity index (χ4n) is 2.79. The van der Waals surface area contributed by atoms with Crippen LogP contribution in [0, 0.1) is 27.7 Å². The molecule has 2 heteroatoms. The van der Waals surface area contributed by atoms with Gasteiger partial charge in [-0.15, -0.1) is 0 Å². The zero-order valence-corrected chi connectivity index (χ0v) is 11.3.